The number of nitriles is 1. The molecule has 0 aliphatic carbocycles. The molecule has 1 aromatic carbocycles. The Labute approximate surface area is 122 Å². The van der Waals surface area contributed by atoms with E-state index in [2.05, 4.69) is 27.3 Å². The minimum Gasteiger partial charge on any atom is -0.490 e. The van der Waals surface area contributed by atoms with Gasteiger partial charge in [-0.3, -0.25) is 0 Å². The quantitative estimate of drug-likeness (QED) is 0.908. The molecule has 2 aliphatic heterocycles. The van der Waals surface area contributed by atoms with Crippen molar-refractivity contribution >= 4 is 15.9 Å². The number of piperidine rings is 2. The molecule has 2 fully saturated rings. The highest BCUT2D eigenvalue weighted by Gasteiger charge is 2.32. The summed E-state index contributed by atoms with van der Waals surface area (Å²) >= 11 is 3.37. The molecular formula is C15H17BrN2O. The average molecular weight is 321 g/mol. The summed E-state index contributed by atoms with van der Waals surface area (Å²) < 4.78 is 6.90. The number of rotatable bonds is 2. The van der Waals surface area contributed by atoms with Gasteiger partial charge in [0.25, 0.3) is 0 Å². The van der Waals surface area contributed by atoms with Crippen LogP contribution >= 0.6 is 15.9 Å². The second kappa shape index (κ2) is 5.52. The van der Waals surface area contributed by atoms with Crippen LogP contribution in [-0.2, 0) is 0 Å². The van der Waals surface area contributed by atoms with Crippen molar-refractivity contribution in [3.8, 4) is 11.8 Å². The van der Waals surface area contributed by atoms with Gasteiger partial charge in [-0.25, -0.2) is 0 Å². The fourth-order valence-corrected chi connectivity index (χ4v) is 3.50. The van der Waals surface area contributed by atoms with Gasteiger partial charge in [-0.15, -0.1) is 0 Å². The molecule has 2 atom stereocenters. The number of nitrogens with one attached hydrogen (secondary N) is 1. The lowest BCUT2D eigenvalue weighted by molar-refractivity contribution is 0.0927. The fraction of sp³-hybridized carbons (Fsp3) is 0.533. The van der Waals surface area contributed by atoms with Gasteiger partial charge in [0, 0.05) is 16.6 Å². The SMILES string of the molecule is N#Cc1cc(OC2CC3CCCC(C2)N3)ccc1Br. The first-order valence-electron chi connectivity index (χ1n) is 6.87. The van der Waals surface area contributed by atoms with Crippen LogP contribution in [0.25, 0.3) is 0 Å². The average Bonchev–Trinajstić information content (AvgIpc) is 2.40. The van der Waals surface area contributed by atoms with Crippen molar-refractivity contribution in [2.45, 2.75) is 50.3 Å². The molecule has 19 heavy (non-hydrogen) atoms. The first kappa shape index (κ1) is 13.0. The van der Waals surface area contributed by atoms with Crippen molar-refractivity contribution in [3.63, 3.8) is 0 Å². The van der Waals surface area contributed by atoms with Crippen molar-refractivity contribution in [3.05, 3.63) is 28.2 Å². The molecule has 2 bridgehead atoms. The van der Waals surface area contributed by atoms with Gasteiger partial charge < -0.3 is 10.1 Å². The van der Waals surface area contributed by atoms with Crippen molar-refractivity contribution < 1.29 is 4.74 Å². The summed E-state index contributed by atoms with van der Waals surface area (Å²) in [6, 6.07) is 9.04. The molecule has 4 heteroatoms. The molecule has 100 valence electrons. The summed E-state index contributed by atoms with van der Waals surface area (Å²) in [7, 11) is 0. The second-order valence-electron chi connectivity index (χ2n) is 5.46. The normalized spacial score (nSPS) is 29.6. The van der Waals surface area contributed by atoms with Crippen molar-refractivity contribution in [1.29, 1.82) is 5.26 Å². The van der Waals surface area contributed by atoms with E-state index in [1.807, 2.05) is 18.2 Å². The maximum Gasteiger partial charge on any atom is 0.121 e. The third kappa shape index (κ3) is 2.93. The van der Waals surface area contributed by atoms with Crippen LogP contribution in [0.2, 0.25) is 0 Å². The van der Waals surface area contributed by atoms with E-state index in [9.17, 15) is 0 Å². The summed E-state index contributed by atoms with van der Waals surface area (Å²) in [6.07, 6.45) is 6.30. The smallest absolute Gasteiger partial charge is 0.121 e. The molecule has 3 nitrogen and oxygen atoms in total. The predicted octanol–water partition coefficient (Wildman–Crippen LogP) is 3.37. The molecular weight excluding hydrogens is 304 g/mol. The van der Waals surface area contributed by atoms with Gasteiger partial charge in [0.1, 0.15) is 17.9 Å². The molecule has 1 aromatic rings. The molecule has 2 aliphatic rings. The van der Waals surface area contributed by atoms with Crippen LogP contribution in [-0.4, -0.2) is 18.2 Å². The van der Waals surface area contributed by atoms with Gasteiger partial charge >= 0.3 is 0 Å². The van der Waals surface area contributed by atoms with Gasteiger partial charge in [-0.2, -0.15) is 5.26 Å². The summed E-state index contributed by atoms with van der Waals surface area (Å²) in [5, 5.41) is 12.7. The zero-order chi connectivity index (χ0) is 13.2. The first-order chi connectivity index (χ1) is 9.24. The molecule has 0 aromatic heterocycles. The topological polar surface area (TPSA) is 45.0 Å². The first-order valence-corrected chi connectivity index (χ1v) is 7.66. The van der Waals surface area contributed by atoms with Crippen molar-refractivity contribution in [2.75, 3.05) is 0 Å². The Hall–Kier alpha value is -1.05. The number of ether oxygens (including phenoxy) is 1. The standard InChI is InChI=1S/C15H17BrN2O/c16-15-5-4-13(6-10(15)9-17)19-14-7-11-2-1-3-12(8-14)18-11/h4-6,11-12,14,18H,1-3,7-8H2. The highest BCUT2D eigenvalue weighted by Crippen LogP contribution is 2.30. The van der Waals surface area contributed by atoms with E-state index in [0.29, 0.717) is 17.6 Å². The van der Waals surface area contributed by atoms with Crippen LogP contribution in [0, 0.1) is 11.3 Å². The van der Waals surface area contributed by atoms with Crippen LogP contribution in [0.5, 0.6) is 5.75 Å². The van der Waals surface area contributed by atoms with E-state index in [1.165, 1.54) is 19.3 Å². The summed E-state index contributed by atoms with van der Waals surface area (Å²) in [4.78, 5) is 0. The van der Waals surface area contributed by atoms with E-state index < -0.39 is 0 Å². The summed E-state index contributed by atoms with van der Waals surface area (Å²) in [6.45, 7) is 0. The van der Waals surface area contributed by atoms with Crippen molar-refractivity contribution in [1.82, 2.24) is 5.32 Å². The molecule has 0 spiro atoms. The second-order valence-corrected chi connectivity index (χ2v) is 6.31. The Morgan fingerprint density at radius 1 is 1.26 bits per heavy atom. The van der Waals surface area contributed by atoms with Crippen LogP contribution < -0.4 is 10.1 Å². The number of fused-ring (bicyclic) bond motifs is 2. The van der Waals surface area contributed by atoms with E-state index in [4.69, 9.17) is 10.00 Å². The largest absolute Gasteiger partial charge is 0.490 e. The van der Waals surface area contributed by atoms with Crippen LogP contribution in [0.3, 0.4) is 0 Å². The van der Waals surface area contributed by atoms with Gasteiger partial charge in [0.15, 0.2) is 0 Å². The Bertz CT molecular complexity index is 499. The zero-order valence-electron chi connectivity index (χ0n) is 10.7. The number of halogens is 1. The highest BCUT2D eigenvalue weighted by molar-refractivity contribution is 9.10. The maximum absolute atomic E-state index is 9.03. The molecule has 0 radical (unpaired) electrons. The van der Waals surface area contributed by atoms with E-state index >= 15 is 0 Å². The fourth-order valence-electron chi connectivity index (χ4n) is 3.17. The molecule has 2 saturated heterocycles. The summed E-state index contributed by atoms with van der Waals surface area (Å²) in [5.41, 5.74) is 0.631. The summed E-state index contributed by atoms with van der Waals surface area (Å²) in [5.74, 6) is 0.810. The van der Waals surface area contributed by atoms with E-state index in [-0.39, 0.29) is 6.10 Å². The predicted molar refractivity (Wildman–Crippen MR) is 77.1 cm³/mol. The van der Waals surface area contributed by atoms with Gasteiger partial charge in [0.05, 0.1) is 5.56 Å². The van der Waals surface area contributed by atoms with Crippen LogP contribution in [0.1, 0.15) is 37.7 Å². The lowest BCUT2D eigenvalue weighted by Crippen LogP contribution is -2.51. The third-order valence-corrected chi connectivity index (χ3v) is 4.72. The minimum absolute atomic E-state index is 0.282. The van der Waals surface area contributed by atoms with E-state index in [1.54, 1.807) is 0 Å². The molecule has 2 unspecified atom stereocenters. The Morgan fingerprint density at radius 3 is 2.68 bits per heavy atom. The Morgan fingerprint density at radius 2 is 2.00 bits per heavy atom. The van der Waals surface area contributed by atoms with E-state index in [0.717, 1.165) is 23.1 Å². The third-order valence-electron chi connectivity index (χ3n) is 4.03. The van der Waals surface area contributed by atoms with Crippen LogP contribution in [0.15, 0.2) is 22.7 Å². The lowest BCUT2D eigenvalue weighted by atomic mass is 9.85. The number of hydrogen-bond donors (Lipinski definition) is 1. The Kier molecular flexibility index (Phi) is 3.76. The molecule has 1 N–H and O–H groups in total. The van der Waals surface area contributed by atoms with Gasteiger partial charge in [0.2, 0.25) is 0 Å². The molecule has 0 saturated carbocycles. The number of benzene rings is 1. The van der Waals surface area contributed by atoms with Gasteiger partial charge in [-0.1, -0.05) is 6.42 Å². The highest BCUT2D eigenvalue weighted by atomic mass is 79.9. The molecule has 2 heterocycles. The maximum atomic E-state index is 9.03. The number of hydrogen-bond acceptors (Lipinski definition) is 3. The lowest BCUT2D eigenvalue weighted by Gasteiger charge is -2.40. The number of nitrogens with zero attached hydrogens (tertiary/aromatic N) is 1. The monoisotopic (exact) mass is 320 g/mol. The van der Waals surface area contributed by atoms with Crippen LogP contribution in [0.4, 0.5) is 0 Å². The molecule has 3 rings (SSSR count). The van der Waals surface area contributed by atoms with Gasteiger partial charge in [-0.05, 0) is 59.8 Å². The Balaban J connectivity index is 1.70. The minimum atomic E-state index is 0.282. The zero-order valence-corrected chi connectivity index (χ0v) is 12.3. The van der Waals surface area contributed by atoms with Crippen molar-refractivity contribution in [2.24, 2.45) is 0 Å². The molecule has 0 amide bonds.